The highest BCUT2D eigenvalue weighted by Gasteiger charge is 1.95. The van der Waals surface area contributed by atoms with Crippen LogP contribution in [0.3, 0.4) is 0 Å². The van der Waals surface area contributed by atoms with Gasteiger partial charge >= 0.3 is 0 Å². The fraction of sp³-hybridized carbons (Fsp3) is 0.250. The highest BCUT2D eigenvalue weighted by Crippen LogP contribution is 2.06. The second-order valence-electron chi connectivity index (χ2n) is 1.40. The predicted molar refractivity (Wildman–Crippen MR) is 33.0 cm³/mol. The number of anilines is 1. The monoisotopic (exact) mass is 142 g/mol. The summed E-state index contributed by atoms with van der Waals surface area (Å²) in [5.74, 6) is -0.127. The zero-order valence-corrected chi connectivity index (χ0v) is 5.53. The number of hydrogen-bond acceptors (Lipinski definition) is 4. The number of nitrogens with one attached hydrogen (secondary N) is 1. The first kappa shape index (κ1) is 6.15. The third-order valence-electron chi connectivity index (χ3n) is 0.614. The summed E-state index contributed by atoms with van der Waals surface area (Å²) in [5, 5.41) is 6.45. The van der Waals surface area contributed by atoms with Gasteiger partial charge in [0, 0.05) is 18.5 Å². The fourth-order valence-corrected chi connectivity index (χ4v) is 0.792. The molecule has 0 aliphatic carbocycles. The van der Waals surface area contributed by atoms with Crippen LogP contribution in [0, 0.1) is 6.20 Å². The summed E-state index contributed by atoms with van der Waals surface area (Å²) in [6.07, 6.45) is 2.49. The van der Waals surface area contributed by atoms with Crippen molar-refractivity contribution < 1.29 is 4.79 Å². The Bertz CT molecular complexity index is 196. The Hall–Kier alpha value is -0.970. The number of carbonyl (C=O) groups excluding carboxylic acids is 1. The van der Waals surface area contributed by atoms with Crippen LogP contribution in [-0.2, 0) is 4.79 Å². The molecule has 1 radical (unpaired) electrons. The summed E-state index contributed by atoms with van der Waals surface area (Å²) < 4.78 is 3.50. The Balaban J connectivity index is 2.58. The van der Waals surface area contributed by atoms with Crippen LogP contribution in [0.15, 0.2) is 0 Å². The topological polar surface area (TPSA) is 54.9 Å². The third-order valence-corrected chi connectivity index (χ3v) is 1.15. The number of hydrogen-bond donors (Lipinski definition) is 1. The number of amides is 1. The lowest BCUT2D eigenvalue weighted by molar-refractivity contribution is -0.114. The molecule has 1 rings (SSSR count). The molecule has 0 spiro atoms. The van der Waals surface area contributed by atoms with E-state index < -0.39 is 0 Å². The van der Waals surface area contributed by atoms with Crippen LogP contribution in [0.5, 0.6) is 0 Å². The molecule has 1 heterocycles. The van der Waals surface area contributed by atoms with Crippen molar-refractivity contribution in [2.45, 2.75) is 6.92 Å². The van der Waals surface area contributed by atoms with E-state index in [4.69, 9.17) is 0 Å². The van der Waals surface area contributed by atoms with E-state index in [1.54, 1.807) is 0 Å². The summed E-state index contributed by atoms with van der Waals surface area (Å²) in [5.41, 5.74) is 0. The van der Waals surface area contributed by atoms with Crippen LogP contribution in [0.4, 0.5) is 5.00 Å². The van der Waals surface area contributed by atoms with Gasteiger partial charge in [0.2, 0.25) is 5.91 Å². The molecule has 1 N–H and O–H groups in total. The van der Waals surface area contributed by atoms with Crippen molar-refractivity contribution in [2.24, 2.45) is 0 Å². The van der Waals surface area contributed by atoms with Crippen molar-refractivity contribution in [3.8, 4) is 0 Å². The van der Waals surface area contributed by atoms with E-state index in [0.29, 0.717) is 5.00 Å². The molecule has 0 aromatic carbocycles. The molecule has 0 unspecified atom stereocenters. The number of aromatic nitrogens is 2. The molecule has 0 fully saturated rings. The van der Waals surface area contributed by atoms with Crippen LogP contribution in [0.1, 0.15) is 6.92 Å². The summed E-state index contributed by atoms with van der Waals surface area (Å²) >= 11 is 1.10. The first-order chi connectivity index (χ1) is 4.29. The summed E-state index contributed by atoms with van der Waals surface area (Å²) in [6.45, 7) is 1.42. The first-order valence-electron chi connectivity index (χ1n) is 2.26. The van der Waals surface area contributed by atoms with E-state index in [1.165, 1.54) is 6.92 Å². The van der Waals surface area contributed by atoms with Gasteiger partial charge in [-0.25, -0.2) is 0 Å². The molecule has 0 atom stereocenters. The van der Waals surface area contributed by atoms with Gasteiger partial charge in [0.25, 0.3) is 0 Å². The van der Waals surface area contributed by atoms with Gasteiger partial charge in [-0.05, 0) is 0 Å². The minimum atomic E-state index is -0.127. The maximum atomic E-state index is 10.3. The second kappa shape index (κ2) is 2.54. The molecular formula is C4H4N3OS. The van der Waals surface area contributed by atoms with Gasteiger partial charge in [0.1, 0.15) is 5.00 Å². The smallest absolute Gasteiger partial charge is 0.221 e. The Morgan fingerprint density at radius 3 is 3.11 bits per heavy atom. The van der Waals surface area contributed by atoms with Gasteiger partial charge in [0.15, 0.2) is 6.20 Å². The number of rotatable bonds is 1. The molecule has 1 aromatic rings. The van der Waals surface area contributed by atoms with Crippen molar-refractivity contribution in [2.75, 3.05) is 5.32 Å². The number of nitrogens with zero attached hydrogens (tertiary/aromatic N) is 2. The minimum Gasteiger partial charge on any atom is -0.315 e. The zero-order chi connectivity index (χ0) is 6.69. The predicted octanol–water partition coefficient (Wildman–Crippen LogP) is 0.297. The van der Waals surface area contributed by atoms with Gasteiger partial charge in [-0.2, -0.15) is 0 Å². The lowest BCUT2D eigenvalue weighted by atomic mass is 10.7. The Kier molecular flexibility index (Phi) is 1.74. The molecule has 4 nitrogen and oxygen atoms in total. The van der Waals surface area contributed by atoms with Crippen LogP contribution < -0.4 is 5.32 Å². The third kappa shape index (κ3) is 1.77. The average Bonchev–Trinajstić information content (AvgIpc) is 2.15. The van der Waals surface area contributed by atoms with Crippen molar-refractivity contribution in [3.63, 3.8) is 0 Å². The highest BCUT2D eigenvalue weighted by atomic mass is 32.1. The van der Waals surface area contributed by atoms with Crippen molar-refractivity contribution in [3.05, 3.63) is 6.20 Å². The summed E-state index contributed by atoms with van der Waals surface area (Å²) in [7, 11) is 0. The Morgan fingerprint density at radius 1 is 1.89 bits per heavy atom. The average molecular weight is 142 g/mol. The lowest BCUT2D eigenvalue weighted by Gasteiger charge is -1.89. The maximum Gasteiger partial charge on any atom is 0.221 e. The molecule has 0 saturated carbocycles. The summed E-state index contributed by atoms with van der Waals surface area (Å²) in [6, 6.07) is 0. The van der Waals surface area contributed by atoms with Crippen molar-refractivity contribution >= 4 is 22.4 Å². The highest BCUT2D eigenvalue weighted by molar-refractivity contribution is 7.10. The van der Waals surface area contributed by atoms with Gasteiger partial charge in [0.05, 0.1) is 0 Å². The van der Waals surface area contributed by atoms with E-state index in [1.807, 2.05) is 0 Å². The standard InChI is InChI=1S/C4H4N3OS/c1-3(8)6-4-2-5-7-9-4/h1H3,(H,6,8). The molecule has 0 aliphatic heterocycles. The molecular weight excluding hydrogens is 138 g/mol. The second-order valence-corrected chi connectivity index (χ2v) is 2.15. The van der Waals surface area contributed by atoms with Crippen LogP contribution >= 0.6 is 11.5 Å². The van der Waals surface area contributed by atoms with Gasteiger partial charge < -0.3 is 5.32 Å². The van der Waals surface area contributed by atoms with Crippen molar-refractivity contribution in [1.82, 2.24) is 9.59 Å². The van der Waals surface area contributed by atoms with Gasteiger partial charge in [-0.3, -0.25) is 4.79 Å². The van der Waals surface area contributed by atoms with E-state index in [9.17, 15) is 4.79 Å². The molecule has 0 bridgehead atoms. The number of carbonyl (C=O) groups is 1. The molecule has 0 saturated heterocycles. The molecule has 1 aromatic heterocycles. The fourth-order valence-electron chi connectivity index (χ4n) is 0.358. The maximum absolute atomic E-state index is 10.3. The molecule has 0 aliphatic rings. The van der Waals surface area contributed by atoms with Gasteiger partial charge in [-0.1, -0.05) is 4.49 Å². The van der Waals surface area contributed by atoms with Crippen LogP contribution in [0.25, 0.3) is 0 Å². The zero-order valence-electron chi connectivity index (χ0n) is 4.71. The van der Waals surface area contributed by atoms with Crippen LogP contribution in [-0.4, -0.2) is 15.5 Å². The Labute approximate surface area is 56.1 Å². The minimum absolute atomic E-state index is 0.127. The Morgan fingerprint density at radius 2 is 2.67 bits per heavy atom. The molecule has 47 valence electrons. The largest absolute Gasteiger partial charge is 0.315 e. The van der Waals surface area contributed by atoms with Crippen molar-refractivity contribution in [1.29, 1.82) is 0 Å². The quantitative estimate of drug-likeness (QED) is 0.613. The SMILES string of the molecule is CC(=O)Nc1[c]nns1. The van der Waals surface area contributed by atoms with Crippen LogP contribution in [0.2, 0.25) is 0 Å². The normalized spacial score (nSPS) is 9.00. The molecule has 5 heteroatoms. The summed E-state index contributed by atoms with van der Waals surface area (Å²) in [4.78, 5) is 10.3. The van der Waals surface area contributed by atoms with Gasteiger partial charge in [-0.15, -0.1) is 5.10 Å². The van der Waals surface area contributed by atoms with E-state index in [0.717, 1.165) is 11.5 Å². The first-order valence-corrected chi connectivity index (χ1v) is 3.04. The molecule has 1 amide bonds. The van der Waals surface area contributed by atoms with E-state index in [-0.39, 0.29) is 5.91 Å². The molecule has 9 heavy (non-hydrogen) atoms. The van der Waals surface area contributed by atoms with E-state index in [2.05, 4.69) is 21.1 Å². The van der Waals surface area contributed by atoms with E-state index >= 15 is 0 Å². The lowest BCUT2D eigenvalue weighted by Crippen LogP contribution is -2.03.